The quantitative estimate of drug-likeness (QED) is 0.811. The predicted octanol–water partition coefficient (Wildman–Crippen LogP) is 1.75. The summed E-state index contributed by atoms with van der Waals surface area (Å²) < 4.78 is 26.9. The molecule has 0 aliphatic heterocycles. The van der Waals surface area contributed by atoms with Gasteiger partial charge in [-0.05, 0) is 30.2 Å². The molecule has 9 heteroatoms. The zero-order chi connectivity index (χ0) is 15.5. The highest BCUT2D eigenvalue weighted by Crippen LogP contribution is 2.21. The number of carboxylic acid groups (broad SMARTS) is 1. The number of aliphatic carboxylic acids is 1. The van der Waals surface area contributed by atoms with E-state index < -0.39 is 16.0 Å². The number of benzene rings is 1. The van der Waals surface area contributed by atoms with Crippen LogP contribution in [0.1, 0.15) is 11.1 Å². The Morgan fingerprint density at radius 1 is 1.43 bits per heavy atom. The maximum Gasteiger partial charge on any atom is 0.328 e. The maximum absolute atomic E-state index is 12.3. The van der Waals surface area contributed by atoms with Gasteiger partial charge in [0.25, 0.3) is 10.0 Å². The van der Waals surface area contributed by atoms with Crippen LogP contribution in [0.15, 0.2) is 34.7 Å². The van der Waals surface area contributed by atoms with Crippen molar-refractivity contribution in [1.82, 2.24) is 10.2 Å². The Hall–Kier alpha value is -2.26. The molecular formula is C12H11N3O4S2. The molecule has 1 aromatic carbocycles. The second kappa shape index (κ2) is 6.02. The van der Waals surface area contributed by atoms with Crippen molar-refractivity contribution in [3.05, 3.63) is 40.9 Å². The molecule has 0 unspecified atom stereocenters. The largest absolute Gasteiger partial charge is 0.478 e. The van der Waals surface area contributed by atoms with E-state index in [-0.39, 0.29) is 10.0 Å². The first-order chi connectivity index (χ1) is 9.88. The van der Waals surface area contributed by atoms with E-state index in [1.54, 1.807) is 19.1 Å². The van der Waals surface area contributed by atoms with Gasteiger partial charge in [-0.2, -0.15) is 0 Å². The Bertz CT molecular complexity index is 783. The Morgan fingerprint density at radius 3 is 2.81 bits per heavy atom. The summed E-state index contributed by atoms with van der Waals surface area (Å²) >= 11 is 1.06. The van der Waals surface area contributed by atoms with Crippen molar-refractivity contribution in [1.29, 1.82) is 0 Å². The van der Waals surface area contributed by atoms with Crippen LogP contribution in [-0.2, 0) is 14.8 Å². The van der Waals surface area contributed by atoms with E-state index in [2.05, 4.69) is 14.9 Å². The molecule has 0 bridgehead atoms. The van der Waals surface area contributed by atoms with E-state index >= 15 is 0 Å². The second-order valence-electron chi connectivity index (χ2n) is 4.05. The monoisotopic (exact) mass is 325 g/mol. The molecule has 0 amide bonds. The predicted molar refractivity (Wildman–Crippen MR) is 78.6 cm³/mol. The molecule has 0 fully saturated rings. The van der Waals surface area contributed by atoms with Crippen LogP contribution in [0.2, 0.25) is 0 Å². The minimum Gasteiger partial charge on any atom is -0.478 e. The van der Waals surface area contributed by atoms with Crippen LogP contribution in [-0.4, -0.2) is 29.7 Å². The van der Waals surface area contributed by atoms with E-state index in [9.17, 15) is 13.2 Å². The lowest BCUT2D eigenvalue weighted by molar-refractivity contribution is -0.131. The van der Waals surface area contributed by atoms with Crippen molar-refractivity contribution in [3.63, 3.8) is 0 Å². The Balaban J connectivity index is 2.38. The van der Waals surface area contributed by atoms with Gasteiger partial charge in [0, 0.05) is 6.08 Å². The molecule has 2 aromatic rings. The molecule has 2 N–H and O–H groups in total. The summed E-state index contributed by atoms with van der Waals surface area (Å²) in [6.45, 7) is 1.65. The Kier molecular flexibility index (Phi) is 4.34. The number of hydrogen-bond acceptors (Lipinski definition) is 6. The minimum atomic E-state index is -3.80. The summed E-state index contributed by atoms with van der Waals surface area (Å²) in [4.78, 5) is 10.6. The van der Waals surface area contributed by atoms with Gasteiger partial charge in [0.1, 0.15) is 5.51 Å². The van der Waals surface area contributed by atoms with E-state index in [1.807, 2.05) is 0 Å². The van der Waals surface area contributed by atoms with Crippen LogP contribution in [0.5, 0.6) is 0 Å². The highest BCUT2D eigenvalue weighted by molar-refractivity contribution is 7.93. The molecule has 0 saturated carbocycles. The number of sulfonamides is 1. The number of nitrogens with zero attached hydrogens (tertiary/aromatic N) is 2. The highest BCUT2D eigenvalue weighted by atomic mass is 32.2. The van der Waals surface area contributed by atoms with Crippen molar-refractivity contribution in [3.8, 4) is 0 Å². The molecule has 1 aromatic heterocycles. The lowest BCUT2D eigenvalue weighted by atomic mass is 10.1. The van der Waals surface area contributed by atoms with Gasteiger partial charge in [-0.3, -0.25) is 4.72 Å². The summed E-state index contributed by atoms with van der Waals surface area (Å²) in [7, 11) is -3.80. The lowest BCUT2D eigenvalue weighted by Crippen LogP contribution is -2.14. The maximum atomic E-state index is 12.3. The molecule has 7 nitrogen and oxygen atoms in total. The van der Waals surface area contributed by atoms with Crippen molar-refractivity contribution < 1.29 is 18.3 Å². The van der Waals surface area contributed by atoms with E-state index in [4.69, 9.17) is 5.11 Å². The van der Waals surface area contributed by atoms with Gasteiger partial charge >= 0.3 is 5.97 Å². The first-order valence-electron chi connectivity index (χ1n) is 5.69. The summed E-state index contributed by atoms with van der Waals surface area (Å²) in [5.41, 5.74) is 2.43. The molecule has 2 rings (SSSR count). The van der Waals surface area contributed by atoms with Gasteiger partial charge in [0.2, 0.25) is 5.13 Å². The number of nitrogens with one attached hydrogen (secondary N) is 1. The molecule has 110 valence electrons. The van der Waals surface area contributed by atoms with Crippen LogP contribution in [0.4, 0.5) is 5.13 Å². The number of rotatable bonds is 5. The molecule has 0 atom stereocenters. The fraction of sp³-hybridized carbons (Fsp3) is 0.0833. The van der Waals surface area contributed by atoms with Crippen molar-refractivity contribution in [2.45, 2.75) is 11.8 Å². The summed E-state index contributed by atoms with van der Waals surface area (Å²) in [6.07, 6.45) is 2.27. The van der Waals surface area contributed by atoms with E-state index in [0.29, 0.717) is 11.1 Å². The molecule has 0 radical (unpaired) electrons. The summed E-state index contributed by atoms with van der Waals surface area (Å²) in [6, 6.07) is 4.65. The topological polar surface area (TPSA) is 109 Å². The van der Waals surface area contributed by atoms with Gasteiger partial charge in [-0.1, -0.05) is 23.5 Å². The normalized spacial score (nSPS) is 11.7. The fourth-order valence-electron chi connectivity index (χ4n) is 1.56. The van der Waals surface area contributed by atoms with E-state index in [0.717, 1.165) is 17.4 Å². The van der Waals surface area contributed by atoms with Gasteiger partial charge < -0.3 is 5.11 Å². The third-order valence-corrected chi connectivity index (χ3v) is 4.72. The zero-order valence-corrected chi connectivity index (χ0v) is 12.5. The van der Waals surface area contributed by atoms with Gasteiger partial charge in [-0.25, -0.2) is 13.2 Å². The molecule has 1 heterocycles. The van der Waals surface area contributed by atoms with Crippen LogP contribution in [0, 0.1) is 6.92 Å². The van der Waals surface area contributed by atoms with Crippen LogP contribution in [0.25, 0.3) is 6.08 Å². The number of aryl methyl sites for hydroxylation is 1. The average molecular weight is 325 g/mol. The smallest absolute Gasteiger partial charge is 0.328 e. The highest BCUT2D eigenvalue weighted by Gasteiger charge is 2.18. The minimum absolute atomic E-state index is 0.0604. The molecule has 21 heavy (non-hydrogen) atoms. The first kappa shape index (κ1) is 15.1. The van der Waals surface area contributed by atoms with Crippen molar-refractivity contribution in [2.75, 3.05) is 4.72 Å². The average Bonchev–Trinajstić information content (AvgIpc) is 2.89. The standard InChI is InChI=1S/C12H11N3O4S2/c1-8-2-3-9(4-5-11(16)17)6-10(8)21(18,19)15-12-14-13-7-20-12/h2-7H,1H3,(H,14,15)(H,16,17). The molecule has 0 saturated heterocycles. The number of carbonyl (C=O) groups is 1. The molecule has 0 aliphatic carbocycles. The Labute approximate surface area is 125 Å². The second-order valence-corrected chi connectivity index (χ2v) is 6.53. The Morgan fingerprint density at radius 2 is 2.19 bits per heavy atom. The molecule has 0 aliphatic rings. The summed E-state index contributed by atoms with van der Waals surface area (Å²) in [5.74, 6) is -1.10. The number of anilines is 1. The lowest BCUT2D eigenvalue weighted by Gasteiger charge is -2.08. The zero-order valence-electron chi connectivity index (χ0n) is 10.8. The van der Waals surface area contributed by atoms with Crippen LogP contribution in [0.3, 0.4) is 0 Å². The van der Waals surface area contributed by atoms with Crippen molar-refractivity contribution >= 4 is 38.5 Å². The SMILES string of the molecule is Cc1ccc(C=CC(=O)O)cc1S(=O)(=O)Nc1nncs1. The third kappa shape index (κ3) is 3.86. The van der Waals surface area contributed by atoms with Gasteiger partial charge in [0.15, 0.2) is 0 Å². The van der Waals surface area contributed by atoms with E-state index in [1.165, 1.54) is 17.7 Å². The van der Waals surface area contributed by atoms with Gasteiger partial charge in [0.05, 0.1) is 4.90 Å². The first-order valence-corrected chi connectivity index (χ1v) is 8.05. The fourth-order valence-corrected chi connectivity index (χ4v) is 3.54. The number of hydrogen-bond donors (Lipinski definition) is 2. The summed E-state index contributed by atoms with van der Waals surface area (Å²) in [5, 5.41) is 15.9. The van der Waals surface area contributed by atoms with Crippen LogP contribution < -0.4 is 4.72 Å². The van der Waals surface area contributed by atoms with Gasteiger partial charge in [-0.15, -0.1) is 10.2 Å². The van der Waals surface area contributed by atoms with Crippen LogP contribution >= 0.6 is 11.3 Å². The third-order valence-electron chi connectivity index (χ3n) is 2.50. The number of carboxylic acids is 1. The molecular weight excluding hydrogens is 314 g/mol. The van der Waals surface area contributed by atoms with Crippen molar-refractivity contribution in [2.24, 2.45) is 0 Å². The number of aromatic nitrogens is 2. The molecule has 0 spiro atoms.